The molecule has 4 aliphatic heterocycles. The average molecular weight is 455 g/mol. The summed E-state index contributed by atoms with van der Waals surface area (Å²) in [6, 6.07) is 0. The number of rotatable bonds is 4. The van der Waals surface area contributed by atoms with Crippen LogP contribution in [0.3, 0.4) is 0 Å². The third kappa shape index (κ3) is 3.12. The average Bonchev–Trinajstić information content (AvgIpc) is 3.35. The van der Waals surface area contributed by atoms with Crippen molar-refractivity contribution < 1.29 is 37.8 Å². The molecule has 0 N–H and O–H groups in total. The van der Waals surface area contributed by atoms with E-state index in [-0.39, 0.29) is 24.1 Å². The van der Waals surface area contributed by atoms with Gasteiger partial charge in [-0.3, -0.25) is 14.4 Å². The van der Waals surface area contributed by atoms with Gasteiger partial charge in [0.25, 0.3) is 5.91 Å². The van der Waals surface area contributed by atoms with E-state index in [2.05, 4.69) is 33.9 Å². The van der Waals surface area contributed by atoms with Gasteiger partial charge in [-0.2, -0.15) is 0 Å². The van der Waals surface area contributed by atoms with Gasteiger partial charge in [-0.1, -0.05) is 20.8 Å². The van der Waals surface area contributed by atoms with E-state index in [1.165, 1.54) is 6.92 Å². The predicted octanol–water partition coefficient (Wildman–Crippen LogP) is 1.24. The van der Waals surface area contributed by atoms with Crippen LogP contribution in [0.1, 0.15) is 34.1 Å². The smallest absolute Gasteiger partial charge is 0.416 e. The number of amides is 3. The molecule has 3 amide bonds. The summed E-state index contributed by atoms with van der Waals surface area (Å²) in [5.41, 5.74) is -1.41. The highest BCUT2D eigenvalue weighted by molar-refractivity contribution is 6.74. The Kier molecular flexibility index (Phi) is 5.02. The standard InChI is InChI=1S/C20H30N2O8Si/c1-11(23)28-14-13(16(24)21-9-10-27-18(21)26)20-12(30-31(5,6)19(2,3)4)7-8-22(20)17(25)15(14)29-20/h12-15H,7-10H2,1-6H3/t12-,13-,14+,15-,20+/m0/s1. The molecule has 0 aromatic heterocycles. The van der Waals surface area contributed by atoms with E-state index < -0.39 is 56.2 Å². The molecule has 2 bridgehead atoms. The van der Waals surface area contributed by atoms with Crippen molar-refractivity contribution >= 4 is 32.2 Å². The molecule has 5 atom stereocenters. The normalized spacial score (nSPS) is 34.9. The maximum atomic E-state index is 13.6. The van der Waals surface area contributed by atoms with E-state index >= 15 is 0 Å². The monoisotopic (exact) mass is 454 g/mol. The van der Waals surface area contributed by atoms with Crippen LogP contribution in [0, 0.1) is 5.92 Å². The van der Waals surface area contributed by atoms with Gasteiger partial charge in [0.15, 0.2) is 26.3 Å². The largest absolute Gasteiger partial charge is 0.458 e. The van der Waals surface area contributed by atoms with E-state index in [0.717, 1.165) is 4.90 Å². The molecule has 4 fully saturated rings. The van der Waals surface area contributed by atoms with Gasteiger partial charge in [0.1, 0.15) is 12.5 Å². The van der Waals surface area contributed by atoms with E-state index in [1.807, 2.05) is 0 Å². The van der Waals surface area contributed by atoms with Gasteiger partial charge in [0.05, 0.1) is 12.6 Å². The second-order valence-corrected chi connectivity index (χ2v) is 14.8. The second-order valence-electron chi connectivity index (χ2n) is 10.1. The van der Waals surface area contributed by atoms with E-state index in [9.17, 15) is 19.2 Å². The molecule has 0 aromatic carbocycles. The molecule has 0 aliphatic carbocycles. The number of nitrogens with zero attached hydrogens (tertiary/aromatic N) is 2. The van der Waals surface area contributed by atoms with Crippen molar-refractivity contribution in [3.63, 3.8) is 0 Å². The fraction of sp³-hybridized carbons (Fsp3) is 0.800. The topological polar surface area (TPSA) is 112 Å². The number of hydrogen-bond donors (Lipinski definition) is 0. The lowest BCUT2D eigenvalue weighted by Gasteiger charge is -2.45. The minimum atomic E-state index is -2.30. The molecular formula is C20H30N2O8Si. The van der Waals surface area contributed by atoms with Gasteiger partial charge in [0, 0.05) is 13.5 Å². The third-order valence-electron chi connectivity index (χ3n) is 7.23. The Morgan fingerprint density at radius 2 is 1.87 bits per heavy atom. The van der Waals surface area contributed by atoms with E-state index in [1.54, 1.807) is 4.90 Å². The number of ether oxygens (including phenoxy) is 3. The predicted molar refractivity (Wildman–Crippen MR) is 108 cm³/mol. The highest BCUT2D eigenvalue weighted by Crippen LogP contribution is 2.56. The Balaban J connectivity index is 1.76. The second kappa shape index (κ2) is 7.01. The lowest BCUT2D eigenvalue weighted by Crippen LogP contribution is -2.65. The maximum absolute atomic E-state index is 13.6. The van der Waals surface area contributed by atoms with Gasteiger partial charge in [-0.05, 0) is 24.6 Å². The van der Waals surface area contributed by atoms with Crippen molar-refractivity contribution in [3.05, 3.63) is 0 Å². The molecular weight excluding hydrogens is 424 g/mol. The van der Waals surface area contributed by atoms with Crippen LogP contribution in [0.5, 0.6) is 0 Å². The first kappa shape index (κ1) is 22.2. The molecule has 4 heterocycles. The lowest BCUT2D eigenvalue weighted by atomic mass is 9.83. The Hall–Kier alpha value is -1.98. The Bertz CT molecular complexity index is 840. The van der Waals surface area contributed by atoms with E-state index in [4.69, 9.17) is 18.6 Å². The summed E-state index contributed by atoms with van der Waals surface area (Å²) in [7, 11) is -2.30. The summed E-state index contributed by atoms with van der Waals surface area (Å²) in [4.78, 5) is 53.1. The summed E-state index contributed by atoms with van der Waals surface area (Å²) >= 11 is 0. The van der Waals surface area contributed by atoms with Gasteiger partial charge >= 0.3 is 12.1 Å². The van der Waals surface area contributed by atoms with Crippen LogP contribution in [0.25, 0.3) is 0 Å². The summed E-state index contributed by atoms with van der Waals surface area (Å²) < 4.78 is 23.2. The highest BCUT2D eigenvalue weighted by Gasteiger charge is 2.77. The lowest BCUT2D eigenvalue weighted by molar-refractivity contribution is -0.171. The Morgan fingerprint density at radius 1 is 1.19 bits per heavy atom. The number of piperidine rings is 1. The zero-order chi connectivity index (χ0) is 22.9. The molecule has 0 unspecified atom stereocenters. The number of carbonyl (C=O) groups excluding carboxylic acids is 4. The molecule has 1 spiro atoms. The van der Waals surface area contributed by atoms with Crippen LogP contribution in [0.4, 0.5) is 4.79 Å². The first-order chi connectivity index (χ1) is 14.3. The fourth-order valence-electron chi connectivity index (χ4n) is 4.77. The quantitative estimate of drug-likeness (QED) is 0.461. The van der Waals surface area contributed by atoms with Crippen LogP contribution in [-0.2, 0) is 33.0 Å². The molecule has 0 radical (unpaired) electrons. The molecule has 172 valence electrons. The summed E-state index contributed by atoms with van der Waals surface area (Å²) in [5, 5.41) is -0.106. The molecule has 4 rings (SSSR count). The maximum Gasteiger partial charge on any atom is 0.416 e. The van der Waals surface area contributed by atoms with Crippen LogP contribution in [0.2, 0.25) is 18.1 Å². The van der Waals surface area contributed by atoms with Crippen molar-refractivity contribution in [2.45, 2.75) is 76.3 Å². The third-order valence-corrected chi connectivity index (χ3v) is 11.7. The first-order valence-corrected chi connectivity index (χ1v) is 13.5. The zero-order valence-corrected chi connectivity index (χ0v) is 19.8. The van der Waals surface area contributed by atoms with Crippen molar-refractivity contribution in [2.75, 3.05) is 19.7 Å². The summed E-state index contributed by atoms with van der Waals surface area (Å²) in [6.45, 7) is 12.3. The van der Waals surface area contributed by atoms with Crippen LogP contribution in [0.15, 0.2) is 0 Å². The molecule has 4 aliphatic rings. The van der Waals surface area contributed by atoms with Gasteiger partial charge in [-0.25, -0.2) is 9.69 Å². The molecule has 11 heteroatoms. The van der Waals surface area contributed by atoms with Crippen molar-refractivity contribution in [1.82, 2.24) is 9.80 Å². The van der Waals surface area contributed by atoms with Crippen molar-refractivity contribution in [1.29, 1.82) is 0 Å². The SMILES string of the molecule is CC(=O)O[C@H]1[C@@H]2O[C@]3([C@@H](O[Si](C)(C)C(C)(C)C)CCN3C2=O)[C@@H]1C(=O)N1CCOC1=O. The van der Waals surface area contributed by atoms with Crippen LogP contribution in [-0.4, -0.2) is 85.7 Å². The first-order valence-electron chi connectivity index (χ1n) is 10.6. The minimum absolute atomic E-state index is 0.0966. The summed E-state index contributed by atoms with van der Waals surface area (Å²) in [5.74, 6) is -2.58. The Morgan fingerprint density at radius 3 is 2.42 bits per heavy atom. The fourth-order valence-corrected chi connectivity index (χ4v) is 6.12. The molecule has 0 saturated carbocycles. The van der Waals surface area contributed by atoms with Gasteiger partial charge < -0.3 is 23.5 Å². The van der Waals surface area contributed by atoms with E-state index in [0.29, 0.717) is 13.0 Å². The molecule has 0 aromatic rings. The molecule has 4 saturated heterocycles. The minimum Gasteiger partial charge on any atom is -0.458 e. The number of imide groups is 1. The number of fused-ring (bicyclic) bond motifs is 1. The van der Waals surface area contributed by atoms with Crippen LogP contribution >= 0.6 is 0 Å². The van der Waals surface area contributed by atoms with Gasteiger partial charge in [0.2, 0.25) is 5.91 Å². The zero-order valence-electron chi connectivity index (χ0n) is 18.8. The summed E-state index contributed by atoms with van der Waals surface area (Å²) in [6.07, 6.45) is -3.04. The number of esters is 1. The number of carbonyl (C=O) groups is 4. The molecule has 31 heavy (non-hydrogen) atoms. The van der Waals surface area contributed by atoms with Crippen LogP contribution < -0.4 is 0 Å². The number of hydrogen-bond acceptors (Lipinski definition) is 8. The van der Waals surface area contributed by atoms with Crippen molar-refractivity contribution in [2.24, 2.45) is 5.92 Å². The number of cyclic esters (lactones) is 1. The highest BCUT2D eigenvalue weighted by atomic mass is 28.4. The van der Waals surface area contributed by atoms with Crippen molar-refractivity contribution in [3.8, 4) is 0 Å². The Labute approximate surface area is 182 Å². The molecule has 10 nitrogen and oxygen atoms in total. The van der Waals surface area contributed by atoms with Gasteiger partial charge in [-0.15, -0.1) is 0 Å².